The Bertz CT molecular complexity index is 119. The molecule has 0 aliphatic carbocycles. The first kappa shape index (κ1) is 50.5. The van der Waals surface area contributed by atoms with Gasteiger partial charge in [0.2, 0.25) is 0 Å². The third kappa shape index (κ3) is 16000. The molecule has 0 aromatic heterocycles. The molecule has 0 fully saturated rings. The number of carboxylic acid groups (broad SMARTS) is 6. The second kappa shape index (κ2) is 189. The maximum absolute atomic E-state index is 8.36. The fourth-order valence-electron chi connectivity index (χ4n) is 0. The van der Waals surface area contributed by atoms with Crippen LogP contribution in [0.2, 0.25) is 0 Å². The van der Waals surface area contributed by atoms with Crippen molar-refractivity contribution in [1.82, 2.24) is 0 Å². The van der Waals surface area contributed by atoms with Gasteiger partial charge in [0.25, 0.3) is 25.9 Å². The molecule has 4 N–H and O–H groups in total. The van der Waals surface area contributed by atoms with Crippen LogP contribution in [0.4, 0.5) is 0 Å². The Balaban J connectivity index is -0.0000000141. The molecule has 0 amide bonds. The fourth-order valence-corrected chi connectivity index (χ4v) is 0. The van der Waals surface area contributed by atoms with Gasteiger partial charge in [-0.2, -0.15) is 0 Å². The molecule has 20 heavy (non-hydrogen) atoms. The van der Waals surface area contributed by atoms with Crippen molar-refractivity contribution in [3.63, 3.8) is 0 Å². The average Bonchev–Trinajstić information content (AvgIpc) is 2.23. The van der Waals surface area contributed by atoms with E-state index in [0.29, 0.717) is 0 Å². The van der Waals surface area contributed by atoms with Crippen molar-refractivity contribution in [2.45, 2.75) is 0 Å². The summed E-state index contributed by atoms with van der Waals surface area (Å²) >= 11 is 0. The minimum absolute atomic E-state index is 0. The molecule has 0 saturated carbocycles. The van der Waals surface area contributed by atoms with Gasteiger partial charge >= 0.3 is 80.9 Å². The van der Waals surface area contributed by atoms with E-state index in [1.165, 1.54) is 0 Å². The Hall–Kier alpha value is -0.544. The molecule has 14 heteroatoms. The van der Waals surface area contributed by atoms with Gasteiger partial charge in [0, 0.05) is 12.9 Å². The summed E-state index contributed by atoms with van der Waals surface area (Å²) in [5.41, 5.74) is 0. The molecule has 0 heterocycles. The van der Waals surface area contributed by atoms with Crippen LogP contribution < -0.4 is 91.2 Å². The summed E-state index contributed by atoms with van der Waals surface area (Å²) < 4.78 is 0. The third-order valence-corrected chi connectivity index (χ3v) is 0. The Morgan fingerprint density at radius 1 is 0.550 bits per heavy atom. The Morgan fingerprint density at radius 3 is 0.550 bits per heavy atom. The zero-order valence-electron chi connectivity index (χ0n) is 10.5. The van der Waals surface area contributed by atoms with Gasteiger partial charge in [-0.15, -0.1) is 0 Å². The van der Waals surface area contributed by atoms with E-state index in [9.17, 15) is 0 Å². The summed E-state index contributed by atoms with van der Waals surface area (Å²) in [4.78, 5) is 49.9. The van der Waals surface area contributed by atoms with Crippen LogP contribution in [0, 0.1) is 0 Å². The monoisotopic (exact) mass is 336 g/mol. The number of rotatable bonds is 0. The standard InChI is InChI=1S/6CH2O2.K.Na/c6*2-1-3;;/h6*1H,(H,2,3);;/q;;;;;;2*+1/p-2. The van der Waals surface area contributed by atoms with Crippen LogP contribution in [0.1, 0.15) is 0 Å². The van der Waals surface area contributed by atoms with E-state index in [2.05, 4.69) is 0 Å². The minimum atomic E-state index is -0.500. The molecule has 0 aromatic carbocycles. The van der Waals surface area contributed by atoms with Gasteiger partial charge in [0.1, 0.15) is 0 Å². The third-order valence-electron chi connectivity index (χ3n) is 0. The van der Waals surface area contributed by atoms with E-state index in [1.54, 1.807) is 0 Å². The zero-order chi connectivity index (χ0) is 16.2. The van der Waals surface area contributed by atoms with E-state index < -0.39 is 12.9 Å². The smallest absolute Gasteiger partial charge is 0.554 e. The van der Waals surface area contributed by atoms with Crippen LogP contribution in [0.25, 0.3) is 0 Å². The van der Waals surface area contributed by atoms with Crippen molar-refractivity contribution >= 4 is 38.8 Å². The molecular weight excluding hydrogens is 326 g/mol. The van der Waals surface area contributed by atoms with Gasteiger partial charge in [0.15, 0.2) is 0 Å². The predicted octanol–water partition coefficient (Wildman–Crippen LogP) is -10.5. The van der Waals surface area contributed by atoms with Crippen molar-refractivity contribution in [2.75, 3.05) is 0 Å². The Kier molecular flexibility index (Phi) is 477. The first-order valence-electron chi connectivity index (χ1n) is 2.92. The molecule has 0 atom stereocenters. The largest absolute Gasteiger partial charge is 1.00 e. The van der Waals surface area contributed by atoms with Gasteiger partial charge < -0.3 is 40.2 Å². The van der Waals surface area contributed by atoms with Gasteiger partial charge in [-0.1, -0.05) is 0 Å². The van der Waals surface area contributed by atoms with Crippen LogP contribution in [-0.4, -0.2) is 59.3 Å². The summed E-state index contributed by atoms with van der Waals surface area (Å²) in [6.07, 6.45) is 0. The SMILES string of the molecule is O=CO.O=CO.O=CO.O=CO.O=C[O-].O=C[O-].[K+].[Na+]. The molecule has 0 unspecified atom stereocenters. The van der Waals surface area contributed by atoms with E-state index >= 15 is 0 Å². The molecule has 12 nitrogen and oxygen atoms in total. The van der Waals surface area contributed by atoms with Gasteiger partial charge in [-0.25, -0.2) is 0 Å². The predicted molar refractivity (Wildman–Crippen MR) is 46.9 cm³/mol. The van der Waals surface area contributed by atoms with Crippen LogP contribution in [-0.2, 0) is 28.8 Å². The van der Waals surface area contributed by atoms with Crippen molar-refractivity contribution in [3.8, 4) is 0 Å². The zero-order valence-corrected chi connectivity index (χ0v) is 15.6. The van der Waals surface area contributed by atoms with Crippen LogP contribution >= 0.6 is 0 Å². The maximum Gasteiger partial charge on any atom is 1.00 e. The first-order valence-corrected chi connectivity index (χ1v) is 2.92. The Morgan fingerprint density at radius 2 is 0.550 bits per heavy atom. The van der Waals surface area contributed by atoms with Crippen molar-refractivity contribution in [3.05, 3.63) is 0 Å². The molecule has 0 aliphatic heterocycles. The average molecular weight is 336 g/mol. The van der Waals surface area contributed by atoms with E-state index in [1.807, 2.05) is 0 Å². The van der Waals surface area contributed by atoms with Crippen molar-refractivity contribution in [1.29, 1.82) is 0 Å². The molecule has 108 valence electrons. The fraction of sp³-hybridized carbons (Fsp3) is 0. The van der Waals surface area contributed by atoms with Crippen molar-refractivity contribution < 1.29 is 140 Å². The summed E-state index contributed by atoms with van der Waals surface area (Å²) in [5, 5.41) is 44.1. The second-order valence-corrected chi connectivity index (χ2v) is 0.614. The van der Waals surface area contributed by atoms with Crippen LogP contribution in [0.5, 0.6) is 0 Å². The molecule has 0 aliphatic rings. The molecule has 0 rings (SSSR count). The number of carbonyl (C=O) groups excluding carboxylic acids is 2. The topological polar surface area (TPSA) is 229 Å². The van der Waals surface area contributed by atoms with E-state index in [4.69, 9.17) is 59.4 Å². The summed E-state index contributed by atoms with van der Waals surface area (Å²) in [5.74, 6) is 0. The summed E-state index contributed by atoms with van der Waals surface area (Å²) in [7, 11) is 0. The van der Waals surface area contributed by atoms with Crippen molar-refractivity contribution in [2.24, 2.45) is 0 Å². The molecule has 0 spiro atoms. The van der Waals surface area contributed by atoms with Gasteiger partial charge in [0.05, 0.1) is 0 Å². The number of hydrogen-bond acceptors (Lipinski definition) is 8. The molecule has 0 aromatic rings. The first-order chi connectivity index (χ1) is 8.49. The quantitative estimate of drug-likeness (QED) is 0.238. The number of hydrogen-bond donors (Lipinski definition) is 4. The van der Waals surface area contributed by atoms with E-state index in [0.717, 1.165) is 0 Å². The molecular formula is C6H10KNaO12. The van der Waals surface area contributed by atoms with Crippen LogP contribution in [0.3, 0.4) is 0 Å². The van der Waals surface area contributed by atoms with E-state index in [-0.39, 0.29) is 107 Å². The summed E-state index contributed by atoms with van der Waals surface area (Å²) in [6.45, 7) is -2.00. The second-order valence-electron chi connectivity index (χ2n) is 0.614. The molecule has 0 saturated heterocycles. The van der Waals surface area contributed by atoms with Gasteiger partial charge in [-0.05, 0) is 0 Å². The minimum Gasteiger partial charge on any atom is -0.554 e. The summed E-state index contributed by atoms with van der Waals surface area (Å²) in [6, 6.07) is 0. The Labute approximate surface area is 177 Å². The molecule has 0 bridgehead atoms. The van der Waals surface area contributed by atoms with Gasteiger partial charge in [-0.3, -0.25) is 19.2 Å². The normalized spacial score (nSPS) is 3.60. The molecule has 0 radical (unpaired) electrons. The van der Waals surface area contributed by atoms with Crippen LogP contribution in [0.15, 0.2) is 0 Å². The maximum atomic E-state index is 8.36. The number of carbonyl (C=O) groups is 6.